The molecule has 0 saturated carbocycles. The lowest BCUT2D eigenvalue weighted by Crippen LogP contribution is -2.23. The molecule has 1 aromatic rings. The number of carbonyl (C=O) groups is 1. The molecule has 20 heavy (non-hydrogen) atoms. The van der Waals surface area contributed by atoms with Gasteiger partial charge in [0.15, 0.2) is 0 Å². The molecule has 0 bridgehead atoms. The van der Waals surface area contributed by atoms with Crippen molar-refractivity contribution >= 4 is 29.0 Å². The molecule has 0 aromatic heterocycles. The van der Waals surface area contributed by atoms with Gasteiger partial charge in [-0.3, -0.25) is 14.9 Å². The van der Waals surface area contributed by atoms with Gasteiger partial charge in [-0.05, 0) is 13.0 Å². The summed E-state index contributed by atoms with van der Waals surface area (Å²) in [6.07, 6.45) is 0. The number of ether oxygens (including phenoxy) is 1. The summed E-state index contributed by atoms with van der Waals surface area (Å²) in [5.41, 5.74) is 0.125. The van der Waals surface area contributed by atoms with Crippen molar-refractivity contribution in [2.75, 3.05) is 24.8 Å². The number of nitro benzene ring substituents is 1. The minimum absolute atomic E-state index is 0.0115. The molecule has 0 radical (unpaired) electrons. The average Bonchev–Trinajstić information content (AvgIpc) is 2.44. The predicted octanol–water partition coefficient (Wildman–Crippen LogP) is 1.66. The molecule has 0 aliphatic heterocycles. The predicted molar refractivity (Wildman–Crippen MR) is 77.3 cm³/mol. The fourth-order valence-corrected chi connectivity index (χ4v) is 2.12. The van der Waals surface area contributed by atoms with Gasteiger partial charge in [-0.25, -0.2) is 0 Å². The van der Waals surface area contributed by atoms with Crippen LogP contribution in [0.15, 0.2) is 18.2 Å². The Hall–Kier alpha value is -1.80. The summed E-state index contributed by atoms with van der Waals surface area (Å²) >= 11 is 1.29. The van der Waals surface area contributed by atoms with Gasteiger partial charge in [-0.15, -0.1) is 11.8 Å². The van der Waals surface area contributed by atoms with Crippen LogP contribution in [0, 0.1) is 10.1 Å². The highest BCUT2D eigenvalue weighted by Crippen LogP contribution is 2.29. The van der Waals surface area contributed by atoms with Crippen molar-refractivity contribution in [3.63, 3.8) is 0 Å². The molecule has 110 valence electrons. The summed E-state index contributed by atoms with van der Waals surface area (Å²) in [7, 11) is 1.42. The van der Waals surface area contributed by atoms with Crippen molar-refractivity contribution in [2.24, 2.45) is 0 Å². The van der Waals surface area contributed by atoms with Gasteiger partial charge in [0.25, 0.3) is 5.69 Å². The van der Waals surface area contributed by atoms with E-state index in [0.29, 0.717) is 11.5 Å². The van der Waals surface area contributed by atoms with E-state index in [4.69, 9.17) is 9.84 Å². The molecular formula is C12H16N2O5S. The second kappa shape index (κ2) is 7.71. The van der Waals surface area contributed by atoms with E-state index in [2.05, 4.69) is 5.32 Å². The quantitative estimate of drug-likeness (QED) is 0.586. The molecule has 1 unspecified atom stereocenters. The molecular weight excluding hydrogens is 284 g/mol. The molecule has 2 N–H and O–H groups in total. The lowest BCUT2D eigenvalue weighted by atomic mass is 10.2. The Morgan fingerprint density at radius 1 is 1.60 bits per heavy atom. The summed E-state index contributed by atoms with van der Waals surface area (Å²) in [6, 6.07) is 3.98. The molecule has 7 nitrogen and oxygen atoms in total. The van der Waals surface area contributed by atoms with Crippen molar-refractivity contribution in [1.29, 1.82) is 0 Å². The zero-order valence-corrected chi connectivity index (χ0v) is 12.0. The fraction of sp³-hybridized carbons (Fsp3) is 0.417. The van der Waals surface area contributed by atoms with E-state index >= 15 is 0 Å². The molecule has 0 aliphatic carbocycles. The number of anilines is 1. The number of thioether (sulfide) groups is 1. The summed E-state index contributed by atoms with van der Waals surface area (Å²) in [5.74, 6) is 0.492. The first-order chi connectivity index (χ1) is 9.49. The number of hydrogen-bond acceptors (Lipinski definition) is 6. The molecule has 0 spiro atoms. The Bertz CT molecular complexity index is 495. The van der Waals surface area contributed by atoms with Crippen molar-refractivity contribution < 1.29 is 19.6 Å². The Balaban J connectivity index is 2.86. The number of methoxy groups -OCH3 is 1. The summed E-state index contributed by atoms with van der Waals surface area (Å²) in [4.78, 5) is 22.1. The van der Waals surface area contributed by atoms with Crippen LogP contribution >= 0.6 is 11.8 Å². The van der Waals surface area contributed by atoms with Crippen LogP contribution in [0.3, 0.4) is 0 Å². The van der Waals surface area contributed by atoms with Crippen LogP contribution in [0.2, 0.25) is 0 Å². The number of amides is 1. The van der Waals surface area contributed by atoms with Crippen molar-refractivity contribution in [3.05, 3.63) is 28.3 Å². The fourth-order valence-electron chi connectivity index (χ4n) is 1.45. The second-order valence-corrected chi connectivity index (χ2v) is 5.32. The van der Waals surface area contributed by atoms with Crippen LogP contribution < -0.4 is 10.1 Å². The van der Waals surface area contributed by atoms with Crippen LogP contribution in [-0.4, -0.2) is 40.7 Å². The van der Waals surface area contributed by atoms with Gasteiger partial charge >= 0.3 is 0 Å². The third kappa shape index (κ3) is 4.39. The van der Waals surface area contributed by atoms with Crippen molar-refractivity contribution in [2.45, 2.75) is 12.2 Å². The van der Waals surface area contributed by atoms with Gasteiger partial charge < -0.3 is 15.2 Å². The molecule has 0 aliphatic rings. The van der Waals surface area contributed by atoms with E-state index in [1.165, 1.54) is 37.1 Å². The third-order valence-corrected chi connectivity index (χ3v) is 3.61. The lowest BCUT2D eigenvalue weighted by Gasteiger charge is -2.13. The number of aliphatic hydroxyl groups excluding tert-OH is 1. The van der Waals surface area contributed by atoms with Crippen LogP contribution in [0.25, 0.3) is 0 Å². The summed E-state index contributed by atoms with van der Waals surface area (Å²) < 4.78 is 5.06. The van der Waals surface area contributed by atoms with E-state index in [-0.39, 0.29) is 29.1 Å². The van der Waals surface area contributed by atoms with Crippen LogP contribution in [0.4, 0.5) is 11.4 Å². The van der Waals surface area contributed by atoms with Gasteiger partial charge in [0, 0.05) is 17.9 Å². The number of hydrogen-bond donors (Lipinski definition) is 2. The molecule has 0 heterocycles. The normalized spacial score (nSPS) is 11.8. The van der Waals surface area contributed by atoms with Crippen molar-refractivity contribution in [3.8, 4) is 5.75 Å². The minimum Gasteiger partial charge on any atom is -0.495 e. The van der Waals surface area contributed by atoms with E-state index < -0.39 is 4.92 Å². The number of nitrogens with one attached hydrogen (secondary N) is 1. The molecule has 1 aromatic carbocycles. The highest BCUT2D eigenvalue weighted by atomic mass is 32.2. The number of nitrogens with zero attached hydrogens (tertiary/aromatic N) is 1. The smallest absolute Gasteiger partial charge is 0.271 e. The largest absolute Gasteiger partial charge is 0.495 e. The second-order valence-electron chi connectivity index (χ2n) is 3.87. The zero-order chi connectivity index (χ0) is 15.1. The maximum absolute atomic E-state index is 11.9. The monoisotopic (exact) mass is 300 g/mol. The van der Waals surface area contributed by atoms with Gasteiger partial charge in [0.05, 0.1) is 29.6 Å². The summed E-state index contributed by atoms with van der Waals surface area (Å²) in [6.45, 7) is 1.68. The van der Waals surface area contributed by atoms with Gasteiger partial charge in [-0.2, -0.15) is 0 Å². The van der Waals surface area contributed by atoms with Crippen LogP contribution in [-0.2, 0) is 4.79 Å². The topological polar surface area (TPSA) is 102 Å². The number of rotatable bonds is 7. The lowest BCUT2D eigenvalue weighted by molar-refractivity contribution is -0.384. The minimum atomic E-state index is -0.543. The SMILES string of the molecule is COc1ccc([N+](=O)[O-])cc1NC(=O)C(C)SCCO. The first-order valence-electron chi connectivity index (χ1n) is 5.85. The number of aliphatic hydroxyl groups is 1. The number of carbonyl (C=O) groups excluding carboxylic acids is 1. The molecule has 1 rings (SSSR count). The van der Waals surface area contributed by atoms with E-state index in [1.807, 2.05) is 0 Å². The molecule has 1 amide bonds. The first-order valence-corrected chi connectivity index (χ1v) is 6.90. The number of benzene rings is 1. The maximum atomic E-state index is 11.9. The van der Waals surface area contributed by atoms with E-state index in [0.717, 1.165) is 0 Å². The summed E-state index contributed by atoms with van der Waals surface area (Å²) in [5, 5.41) is 21.7. The Labute approximate surface area is 120 Å². The van der Waals surface area contributed by atoms with Crippen LogP contribution in [0.5, 0.6) is 5.75 Å². The Kier molecular flexibility index (Phi) is 6.26. The maximum Gasteiger partial charge on any atom is 0.271 e. The molecule has 1 atom stereocenters. The van der Waals surface area contributed by atoms with Crippen LogP contribution in [0.1, 0.15) is 6.92 Å². The highest BCUT2D eigenvalue weighted by molar-refractivity contribution is 8.00. The molecule has 0 fully saturated rings. The van der Waals surface area contributed by atoms with E-state index in [1.54, 1.807) is 6.92 Å². The zero-order valence-electron chi connectivity index (χ0n) is 11.2. The number of non-ortho nitro benzene ring substituents is 1. The third-order valence-electron chi connectivity index (χ3n) is 2.48. The molecule has 8 heteroatoms. The van der Waals surface area contributed by atoms with Gasteiger partial charge in [-0.1, -0.05) is 0 Å². The van der Waals surface area contributed by atoms with Gasteiger partial charge in [0.2, 0.25) is 5.91 Å². The van der Waals surface area contributed by atoms with E-state index in [9.17, 15) is 14.9 Å². The first kappa shape index (κ1) is 16.3. The Morgan fingerprint density at radius 2 is 2.30 bits per heavy atom. The Morgan fingerprint density at radius 3 is 2.85 bits per heavy atom. The average molecular weight is 300 g/mol. The highest BCUT2D eigenvalue weighted by Gasteiger charge is 2.17. The van der Waals surface area contributed by atoms with Gasteiger partial charge in [0.1, 0.15) is 5.75 Å². The number of nitro groups is 1. The molecule has 0 saturated heterocycles. The van der Waals surface area contributed by atoms with Crippen molar-refractivity contribution in [1.82, 2.24) is 0 Å². The standard InChI is InChI=1S/C12H16N2O5S/c1-8(20-6-5-15)12(16)13-10-7-9(14(17)18)3-4-11(10)19-2/h3-4,7-8,15H,5-6H2,1-2H3,(H,13,16).